The zero-order valence-corrected chi connectivity index (χ0v) is 12.1. The van der Waals surface area contributed by atoms with E-state index in [2.05, 4.69) is 40.7 Å². The number of nitrogens with zero attached hydrogens (tertiary/aromatic N) is 2. The number of thioether (sulfide) groups is 1. The molecule has 0 aliphatic rings. The van der Waals surface area contributed by atoms with Crippen molar-refractivity contribution in [2.45, 2.75) is 11.8 Å². The minimum absolute atomic E-state index is 0.820. The van der Waals surface area contributed by atoms with E-state index in [1.165, 1.54) is 4.90 Å². The molecule has 0 atom stereocenters. The standard InChI is InChI=1S/C16H14N2OS/c1-11-15(12-7-9-17-10-8-12)16(18-19-11)13-3-5-14(20-2)6-4-13/h3-10H,1-2H3. The van der Waals surface area contributed by atoms with Gasteiger partial charge in [-0.3, -0.25) is 4.98 Å². The minimum Gasteiger partial charge on any atom is -0.360 e. The average molecular weight is 282 g/mol. The van der Waals surface area contributed by atoms with Gasteiger partial charge in [-0.2, -0.15) is 0 Å². The highest BCUT2D eigenvalue weighted by atomic mass is 32.2. The number of rotatable bonds is 3. The Bertz CT molecular complexity index is 705. The minimum atomic E-state index is 0.820. The third-order valence-corrected chi connectivity index (χ3v) is 3.94. The van der Waals surface area contributed by atoms with Crippen LogP contribution < -0.4 is 0 Å². The van der Waals surface area contributed by atoms with Crippen LogP contribution in [0.15, 0.2) is 58.2 Å². The first kappa shape index (κ1) is 12.9. The van der Waals surface area contributed by atoms with E-state index in [1.54, 1.807) is 24.2 Å². The maximum absolute atomic E-state index is 5.39. The van der Waals surface area contributed by atoms with Gasteiger partial charge in [0.2, 0.25) is 0 Å². The van der Waals surface area contributed by atoms with Crippen LogP contribution in [0, 0.1) is 6.92 Å². The molecule has 3 nitrogen and oxygen atoms in total. The number of hydrogen-bond donors (Lipinski definition) is 0. The summed E-state index contributed by atoms with van der Waals surface area (Å²) >= 11 is 1.73. The fourth-order valence-corrected chi connectivity index (χ4v) is 2.58. The predicted octanol–water partition coefficient (Wildman–Crippen LogP) is 4.43. The van der Waals surface area contributed by atoms with Gasteiger partial charge in [0.1, 0.15) is 11.5 Å². The van der Waals surface area contributed by atoms with Crippen LogP contribution in [-0.2, 0) is 0 Å². The second kappa shape index (κ2) is 5.51. The van der Waals surface area contributed by atoms with Crippen LogP contribution in [0.4, 0.5) is 0 Å². The van der Waals surface area contributed by atoms with Gasteiger partial charge in [-0.25, -0.2) is 0 Å². The van der Waals surface area contributed by atoms with Gasteiger partial charge in [-0.1, -0.05) is 17.3 Å². The van der Waals surface area contributed by atoms with E-state index < -0.39 is 0 Å². The Labute approximate surface area is 122 Å². The van der Waals surface area contributed by atoms with Gasteiger partial charge in [0, 0.05) is 22.9 Å². The molecule has 0 radical (unpaired) electrons. The number of aromatic nitrogens is 2. The van der Waals surface area contributed by atoms with Crippen molar-refractivity contribution >= 4 is 11.8 Å². The van der Waals surface area contributed by atoms with E-state index in [1.807, 2.05) is 19.1 Å². The summed E-state index contributed by atoms with van der Waals surface area (Å²) in [7, 11) is 0. The van der Waals surface area contributed by atoms with Crippen LogP contribution in [0.1, 0.15) is 5.76 Å². The highest BCUT2D eigenvalue weighted by molar-refractivity contribution is 7.98. The molecule has 0 fully saturated rings. The van der Waals surface area contributed by atoms with Crippen LogP contribution in [-0.4, -0.2) is 16.4 Å². The first-order valence-corrected chi connectivity index (χ1v) is 7.53. The highest BCUT2D eigenvalue weighted by Gasteiger charge is 2.16. The third-order valence-electron chi connectivity index (χ3n) is 3.20. The summed E-state index contributed by atoms with van der Waals surface area (Å²) in [6.45, 7) is 1.93. The van der Waals surface area contributed by atoms with Crippen molar-refractivity contribution in [3.05, 3.63) is 54.6 Å². The number of aryl methyl sites for hydroxylation is 1. The molecule has 0 saturated carbocycles. The lowest BCUT2D eigenvalue weighted by molar-refractivity contribution is 0.400. The summed E-state index contributed by atoms with van der Waals surface area (Å²) in [4.78, 5) is 5.29. The quantitative estimate of drug-likeness (QED) is 0.666. The number of benzene rings is 1. The average Bonchev–Trinajstić information content (AvgIpc) is 2.90. The van der Waals surface area contributed by atoms with E-state index in [0.29, 0.717) is 0 Å². The molecule has 3 aromatic rings. The predicted molar refractivity (Wildman–Crippen MR) is 81.7 cm³/mol. The Morgan fingerprint density at radius 1 is 0.950 bits per heavy atom. The molecular weight excluding hydrogens is 268 g/mol. The van der Waals surface area contributed by atoms with E-state index in [-0.39, 0.29) is 0 Å². The lowest BCUT2D eigenvalue weighted by Gasteiger charge is -2.03. The summed E-state index contributed by atoms with van der Waals surface area (Å²) in [6, 6.07) is 12.3. The second-order valence-corrected chi connectivity index (χ2v) is 5.31. The Hall–Kier alpha value is -2.07. The van der Waals surface area contributed by atoms with Crippen LogP contribution in [0.5, 0.6) is 0 Å². The highest BCUT2D eigenvalue weighted by Crippen LogP contribution is 2.34. The fourth-order valence-electron chi connectivity index (χ4n) is 2.18. The molecule has 0 bridgehead atoms. The molecule has 20 heavy (non-hydrogen) atoms. The summed E-state index contributed by atoms with van der Waals surface area (Å²) < 4.78 is 5.39. The van der Waals surface area contributed by atoms with Gasteiger partial charge in [0.05, 0.1) is 5.56 Å². The maximum atomic E-state index is 5.39. The second-order valence-electron chi connectivity index (χ2n) is 4.43. The van der Waals surface area contributed by atoms with Gasteiger partial charge < -0.3 is 4.52 Å². The Kier molecular flexibility index (Phi) is 3.56. The van der Waals surface area contributed by atoms with E-state index in [9.17, 15) is 0 Å². The fraction of sp³-hybridized carbons (Fsp3) is 0.125. The SMILES string of the molecule is CSc1ccc(-c2noc(C)c2-c2ccncc2)cc1. The summed E-state index contributed by atoms with van der Waals surface area (Å²) in [6.07, 6.45) is 5.63. The molecule has 0 saturated heterocycles. The summed E-state index contributed by atoms with van der Waals surface area (Å²) in [5.74, 6) is 0.820. The normalized spacial score (nSPS) is 10.7. The van der Waals surface area contributed by atoms with Crippen molar-refractivity contribution in [3.63, 3.8) is 0 Å². The lowest BCUT2D eigenvalue weighted by atomic mass is 10.0. The molecule has 0 unspecified atom stereocenters. The van der Waals surface area contributed by atoms with Crippen molar-refractivity contribution in [2.24, 2.45) is 0 Å². The molecule has 100 valence electrons. The Morgan fingerprint density at radius 3 is 2.30 bits per heavy atom. The van der Waals surface area contributed by atoms with Gasteiger partial charge in [0.15, 0.2) is 0 Å². The van der Waals surface area contributed by atoms with Crippen molar-refractivity contribution in [1.82, 2.24) is 10.1 Å². The summed E-state index contributed by atoms with van der Waals surface area (Å²) in [5.41, 5.74) is 4.04. The molecule has 0 amide bonds. The lowest BCUT2D eigenvalue weighted by Crippen LogP contribution is -1.84. The van der Waals surface area contributed by atoms with E-state index in [4.69, 9.17) is 4.52 Å². The maximum Gasteiger partial charge on any atom is 0.142 e. The molecule has 2 aromatic heterocycles. The first-order valence-electron chi connectivity index (χ1n) is 6.30. The van der Waals surface area contributed by atoms with Crippen LogP contribution in [0.3, 0.4) is 0 Å². The Morgan fingerprint density at radius 2 is 1.65 bits per heavy atom. The molecule has 1 aromatic carbocycles. The molecule has 2 heterocycles. The Balaban J connectivity index is 2.11. The van der Waals surface area contributed by atoms with Gasteiger partial charge >= 0.3 is 0 Å². The third kappa shape index (κ3) is 2.34. The summed E-state index contributed by atoms with van der Waals surface area (Å²) in [5, 5.41) is 4.22. The molecule has 0 spiro atoms. The smallest absolute Gasteiger partial charge is 0.142 e. The first-order chi connectivity index (χ1) is 9.79. The molecular formula is C16H14N2OS. The number of hydrogen-bond acceptors (Lipinski definition) is 4. The molecule has 0 N–H and O–H groups in total. The van der Waals surface area contributed by atoms with Crippen molar-refractivity contribution in [3.8, 4) is 22.4 Å². The molecule has 0 aliphatic heterocycles. The molecule has 4 heteroatoms. The van der Waals surface area contributed by atoms with E-state index in [0.717, 1.165) is 28.1 Å². The van der Waals surface area contributed by atoms with Crippen molar-refractivity contribution in [2.75, 3.05) is 6.26 Å². The van der Waals surface area contributed by atoms with Crippen molar-refractivity contribution in [1.29, 1.82) is 0 Å². The van der Waals surface area contributed by atoms with Gasteiger partial charge in [0.25, 0.3) is 0 Å². The van der Waals surface area contributed by atoms with Crippen LogP contribution in [0.2, 0.25) is 0 Å². The number of pyridine rings is 1. The van der Waals surface area contributed by atoms with Crippen LogP contribution in [0.25, 0.3) is 22.4 Å². The van der Waals surface area contributed by atoms with Crippen LogP contribution >= 0.6 is 11.8 Å². The monoisotopic (exact) mass is 282 g/mol. The van der Waals surface area contributed by atoms with E-state index >= 15 is 0 Å². The van der Waals surface area contributed by atoms with Gasteiger partial charge in [-0.15, -0.1) is 11.8 Å². The molecule has 3 rings (SSSR count). The van der Waals surface area contributed by atoms with Crippen molar-refractivity contribution < 1.29 is 4.52 Å². The largest absolute Gasteiger partial charge is 0.360 e. The molecule has 0 aliphatic carbocycles. The zero-order valence-electron chi connectivity index (χ0n) is 11.3. The topological polar surface area (TPSA) is 38.9 Å². The zero-order chi connectivity index (χ0) is 13.9. The van der Waals surface area contributed by atoms with Gasteiger partial charge in [-0.05, 0) is 43.0 Å².